The third-order valence-electron chi connectivity index (χ3n) is 4.63. The Morgan fingerprint density at radius 1 is 1.29 bits per heavy atom. The summed E-state index contributed by atoms with van der Waals surface area (Å²) in [6.45, 7) is 10.2. The van der Waals surface area contributed by atoms with E-state index in [0.717, 1.165) is 24.3 Å². The number of hydrogen-bond donors (Lipinski definition) is 0. The third-order valence-corrected chi connectivity index (χ3v) is 4.63. The molecule has 0 heterocycles. The normalized spacial score (nSPS) is 38.7. The van der Waals surface area contributed by atoms with Crippen molar-refractivity contribution in [2.75, 3.05) is 6.54 Å². The van der Waals surface area contributed by atoms with Crippen molar-refractivity contribution in [3.63, 3.8) is 0 Å². The van der Waals surface area contributed by atoms with Gasteiger partial charge in [-0.25, -0.2) is 0 Å². The molecule has 2 bridgehead atoms. The first-order chi connectivity index (χ1) is 6.51. The zero-order valence-electron chi connectivity index (χ0n) is 10.0. The second kappa shape index (κ2) is 3.36. The molecule has 2 aliphatic carbocycles. The van der Waals surface area contributed by atoms with E-state index in [4.69, 9.17) is 0 Å². The van der Waals surface area contributed by atoms with E-state index in [-0.39, 0.29) is 0 Å². The lowest BCUT2D eigenvalue weighted by Crippen LogP contribution is -2.21. The third kappa shape index (κ3) is 1.51. The minimum absolute atomic E-state index is 0.613. The summed E-state index contributed by atoms with van der Waals surface area (Å²) in [6, 6.07) is 0. The Kier molecular flexibility index (Phi) is 2.45. The molecule has 2 rings (SSSR count). The average Bonchev–Trinajstić information content (AvgIpc) is 2.52. The molecule has 1 heteroatoms. The van der Waals surface area contributed by atoms with E-state index in [1.54, 1.807) is 0 Å². The highest BCUT2D eigenvalue weighted by Crippen LogP contribution is 2.60. The number of rotatable bonds is 2. The molecule has 0 aromatic carbocycles. The fourth-order valence-electron chi connectivity index (χ4n) is 3.72. The predicted molar refractivity (Wildman–Crippen MR) is 61.8 cm³/mol. The van der Waals surface area contributed by atoms with Crippen LogP contribution in [-0.4, -0.2) is 12.3 Å². The summed E-state index contributed by atoms with van der Waals surface area (Å²) in [4.78, 5) is 4.61. The lowest BCUT2D eigenvalue weighted by molar-refractivity contribution is 0.237. The predicted octanol–water partition coefficient (Wildman–Crippen LogP) is 3.54. The molecule has 0 aromatic heterocycles. The van der Waals surface area contributed by atoms with Gasteiger partial charge in [-0.05, 0) is 56.3 Å². The first-order valence-electron chi connectivity index (χ1n) is 5.99. The summed E-state index contributed by atoms with van der Waals surface area (Å²) in [5, 5.41) is 0. The fourth-order valence-corrected chi connectivity index (χ4v) is 3.72. The molecular formula is C13H23N. The van der Waals surface area contributed by atoms with Gasteiger partial charge in [-0.2, -0.15) is 0 Å². The Bertz CT molecular complexity index is 248. The van der Waals surface area contributed by atoms with Crippen LogP contribution in [0.3, 0.4) is 0 Å². The summed E-state index contributed by atoms with van der Waals surface area (Å²) in [6.07, 6.45) is 4.37. The van der Waals surface area contributed by atoms with Crippen molar-refractivity contribution in [2.45, 2.75) is 47.0 Å². The molecule has 1 unspecified atom stereocenters. The summed E-state index contributed by atoms with van der Waals surface area (Å²) >= 11 is 0. The maximum absolute atomic E-state index is 4.61. The van der Waals surface area contributed by atoms with Crippen molar-refractivity contribution >= 4 is 5.71 Å². The van der Waals surface area contributed by atoms with Crippen molar-refractivity contribution in [1.29, 1.82) is 0 Å². The highest BCUT2D eigenvalue weighted by molar-refractivity contribution is 5.79. The van der Waals surface area contributed by atoms with Gasteiger partial charge in [0.25, 0.3) is 0 Å². The Morgan fingerprint density at radius 2 is 2.00 bits per heavy atom. The highest BCUT2D eigenvalue weighted by Gasteiger charge is 2.52. The van der Waals surface area contributed by atoms with E-state index < -0.39 is 0 Å². The standard InChI is InChI=1S/C13H23N/c1-9(2)14-8-10-7-11-5-6-12(10)13(11,3)4/h10-12H,5-8H2,1-4H3/t10?,11-,12+/m1/s1. The molecule has 2 saturated carbocycles. The molecule has 80 valence electrons. The van der Waals surface area contributed by atoms with E-state index in [9.17, 15) is 0 Å². The topological polar surface area (TPSA) is 12.4 Å². The molecule has 0 N–H and O–H groups in total. The van der Waals surface area contributed by atoms with Gasteiger partial charge in [-0.1, -0.05) is 13.8 Å². The smallest absolute Gasteiger partial charge is 0.0419 e. The van der Waals surface area contributed by atoms with Crippen molar-refractivity contribution in [2.24, 2.45) is 28.2 Å². The number of aliphatic imine (C=N–C) groups is 1. The van der Waals surface area contributed by atoms with Crippen molar-refractivity contribution in [3.05, 3.63) is 0 Å². The first kappa shape index (κ1) is 10.2. The van der Waals surface area contributed by atoms with Crippen LogP contribution in [0.2, 0.25) is 0 Å². The van der Waals surface area contributed by atoms with Crippen LogP contribution in [0.25, 0.3) is 0 Å². The minimum Gasteiger partial charge on any atom is -0.294 e. The number of fused-ring (bicyclic) bond motifs is 2. The van der Waals surface area contributed by atoms with Gasteiger partial charge in [0.2, 0.25) is 0 Å². The van der Waals surface area contributed by atoms with Crippen LogP contribution in [0.15, 0.2) is 4.99 Å². The van der Waals surface area contributed by atoms with Crippen LogP contribution in [0.1, 0.15) is 47.0 Å². The van der Waals surface area contributed by atoms with E-state index in [0.29, 0.717) is 5.41 Å². The molecule has 3 atom stereocenters. The molecule has 2 aliphatic rings. The molecule has 0 saturated heterocycles. The van der Waals surface area contributed by atoms with Crippen molar-refractivity contribution < 1.29 is 0 Å². The van der Waals surface area contributed by atoms with Crippen molar-refractivity contribution in [3.8, 4) is 0 Å². The van der Waals surface area contributed by atoms with E-state index in [1.807, 2.05) is 0 Å². The molecule has 0 aromatic rings. The molecule has 0 radical (unpaired) electrons. The summed E-state index contributed by atoms with van der Waals surface area (Å²) in [5.74, 6) is 2.83. The van der Waals surface area contributed by atoms with Gasteiger partial charge in [0, 0.05) is 12.3 Å². The van der Waals surface area contributed by atoms with Crippen LogP contribution in [-0.2, 0) is 0 Å². The Balaban J connectivity index is 2.02. The monoisotopic (exact) mass is 193 g/mol. The number of nitrogens with zero attached hydrogens (tertiary/aromatic N) is 1. The van der Waals surface area contributed by atoms with Gasteiger partial charge in [0.1, 0.15) is 0 Å². The summed E-state index contributed by atoms with van der Waals surface area (Å²) in [7, 11) is 0. The Hall–Kier alpha value is -0.330. The van der Waals surface area contributed by atoms with Gasteiger partial charge in [-0.3, -0.25) is 4.99 Å². The highest BCUT2D eigenvalue weighted by atomic mass is 14.8. The van der Waals surface area contributed by atoms with Gasteiger partial charge in [0.05, 0.1) is 0 Å². The largest absolute Gasteiger partial charge is 0.294 e. The van der Waals surface area contributed by atoms with Crippen LogP contribution < -0.4 is 0 Å². The molecule has 0 aliphatic heterocycles. The maximum Gasteiger partial charge on any atom is 0.0419 e. The van der Waals surface area contributed by atoms with Gasteiger partial charge in [-0.15, -0.1) is 0 Å². The van der Waals surface area contributed by atoms with Crippen LogP contribution in [0.4, 0.5) is 0 Å². The summed E-state index contributed by atoms with van der Waals surface area (Å²) in [5.41, 5.74) is 1.85. The fraction of sp³-hybridized carbons (Fsp3) is 0.923. The average molecular weight is 193 g/mol. The zero-order chi connectivity index (χ0) is 10.3. The van der Waals surface area contributed by atoms with Gasteiger partial charge < -0.3 is 0 Å². The van der Waals surface area contributed by atoms with E-state index in [1.165, 1.54) is 25.0 Å². The maximum atomic E-state index is 4.61. The van der Waals surface area contributed by atoms with Crippen molar-refractivity contribution in [1.82, 2.24) is 0 Å². The molecule has 1 nitrogen and oxygen atoms in total. The summed E-state index contributed by atoms with van der Waals surface area (Å²) < 4.78 is 0. The molecule has 2 fully saturated rings. The van der Waals surface area contributed by atoms with Gasteiger partial charge in [0.15, 0.2) is 0 Å². The quantitative estimate of drug-likeness (QED) is 0.595. The lowest BCUT2D eigenvalue weighted by atomic mass is 9.80. The molecule has 0 spiro atoms. The Morgan fingerprint density at radius 3 is 2.43 bits per heavy atom. The van der Waals surface area contributed by atoms with Crippen LogP contribution >= 0.6 is 0 Å². The Labute approximate surface area is 88.0 Å². The molecule has 14 heavy (non-hydrogen) atoms. The zero-order valence-corrected chi connectivity index (χ0v) is 10.0. The lowest BCUT2D eigenvalue weighted by Gasteiger charge is -2.26. The number of hydrogen-bond acceptors (Lipinski definition) is 1. The minimum atomic E-state index is 0.613. The second-order valence-corrected chi connectivity index (χ2v) is 5.99. The first-order valence-corrected chi connectivity index (χ1v) is 5.99. The molecular weight excluding hydrogens is 170 g/mol. The SMILES string of the molecule is CC(C)=NCC1C[C@H]2CC[C@@H]1C2(C)C. The van der Waals surface area contributed by atoms with E-state index >= 15 is 0 Å². The molecule has 0 amide bonds. The van der Waals surface area contributed by atoms with Gasteiger partial charge >= 0.3 is 0 Å². The second-order valence-electron chi connectivity index (χ2n) is 5.99. The van der Waals surface area contributed by atoms with Crippen LogP contribution in [0, 0.1) is 23.2 Å². The van der Waals surface area contributed by atoms with E-state index in [2.05, 4.69) is 32.7 Å². The van der Waals surface area contributed by atoms with Crippen LogP contribution in [0.5, 0.6) is 0 Å².